The molecular weight excluding hydrogens is 405 g/mol. The highest BCUT2D eigenvalue weighted by Gasteiger charge is 2.27. The van der Waals surface area contributed by atoms with Crippen molar-refractivity contribution in [2.45, 2.75) is 51.5 Å². The van der Waals surface area contributed by atoms with Crippen molar-refractivity contribution in [2.24, 2.45) is 0 Å². The number of rotatable bonds is 5. The summed E-state index contributed by atoms with van der Waals surface area (Å²) in [5.74, 6) is 0.436. The van der Waals surface area contributed by atoms with E-state index < -0.39 is 0 Å². The van der Waals surface area contributed by atoms with E-state index in [-0.39, 0.29) is 11.7 Å². The molecule has 0 atom stereocenters. The summed E-state index contributed by atoms with van der Waals surface area (Å²) in [5, 5.41) is 7.47. The first-order valence-corrected chi connectivity index (χ1v) is 11.5. The van der Waals surface area contributed by atoms with Crippen LogP contribution in [0.5, 0.6) is 0 Å². The highest BCUT2D eigenvalue weighted by molar-refractivity contribution is 5.94. The van der Waals surface area contributed by atoms with E-state index >= 15 is 0 Å². The van der Waals surface area contributed by atoms with Crippen LogP contribution in [-0.2, 0) is 19.4 Å². The molecule has 166 valence electrons. The molecule has 1 aromatic carbocycles. The highest BCUT2D eigenvalue weighted by atomic mass is 19.1. The standard InChI is InChI=1S/C25H28FN5O/c26-20-9-3-4-10-22(20)31-21-11-7-8-19(21)24(29-31)25(32)28-17-18-12-13-23(27-16-18)30-14-5-1-2-6-15-30/h3-4,9-10,12-13,16H,1-2,5-8,11,14-15,17H2,(H,28,32). The molecule has 3 heterocycles. The van der Waals surface area contributed by atoms with Gasteiger partial charge in [-0.1, -0.05) is 31.0 Å². The first-order valence-electron chi connectivity index (χ1n) is 11.5. The van der Waals surface area contributed by atoms with E-state index in [1.54, 1.807) is 22.9 Å². The fraction of sp³-hybridized carbons (Fsp3) is 0.400. The Morgan fingerprint density at radius 1 is 1.00 bits per heavy atom. The van der Waals surface area contributed by atoms with E-state index in [9.17, 15) is 9.18 Å². The van der Waals surface area contributed by atoms with Gasteiger partial charge in [-0.05, 0) is 55.9 Å². The Balaban J connectivity index is 1.29. The number of anilines is 1. The Kier molecular flexibility index (Phi) is 5.88. The number of nitrogens with one attached hydrogen (secondary N) is 1. The van der Waals surface area contributed by atoms with Crippen LogP contribution in [0.15, 0.2) is 42.6 Å². The smallest absolute Gasteiger partial charge is 0.272 e. The van der Waals surface area contributed by atoms with Crippen molar-refractivity contribution in [2.75, 3.05) is 18.0 Å². The van der Waals surface area contributed by atoms with Crippen LogP contribution in [0.3, 0.4) is 0 Å². The lowest BCUT2D eigenvalue weighted by Crippen LogP contribution is -2.26. The van der Waals surface area contributed by atoms with Crippen molar-refractivity contribution in [3.8, 4) is 5.69 Å². The van der Waals surface area contributed by atoms with E-state index in [4.69, 9.17) is 0 Å². The van der Waals surface area contributed by atoms with Gasteiger partial charge < -0.3 is 10.2 Å². The molecule has 32 heavy (non-hydrogen) atoms. The molecule has 0 bridgehead atoms. The number of fused-ring (bicyclic) bond motifs is 1. The SMILES string of the molecule is O=C(NCc1ccc(N2CCCCCC2)nc1)c1nn(-c2ccccc2F)c2c1CCC2. The van der Waals surface area contributed by atoms with E-state index in [1.807, 2.05) is 18.3 Å². The van der Waals surface area contributed by atoms with E-state index in [1.165, 1.54) is 31.7 Å². The number of carbonyl (C=O) groups is 1. The molecule has 0 unspecified atom stereocenters. The number of hydrogen-bond donors (Lipinski definition) is 1. The van der Waals surface area contributed by atoms with Gasteiger partial charge in [-0.2, -0.15) is 5.10 Å². The summed E-state index contributed by atoms with van der Waals surface area (Å²) in [6, 6.07) is 10.6. The average molecular weight is 434 g/mol. The maximum Gasteiger partial charge on any atom is 0.272 e. The van der Waals surface area contributed by atoms with E-state index in [2.05, 4.69) is 20.3 Å². The van der Waals surface area contributed by atoms with Gasteiger partial charge in [0.15, 0.2) is 5.69 Å². The van der Waals surface area contributed by atoms with Gasteiger partial charge in [-0.25, -0.2) is 14.1 Å². The van der Waals surface area contributed by atoms with Crippen LogP contribution in [0, 0.1) is 5.82 Å². The molecule has 3 aromatic rings. The number of nitrogens with zero attached hydrogens (tertiary/aromatic N) is 4. The number of carbonyl (C=O) groups excluding carboxylic acids is 1. The summed E-state index contributed by atoms with van der Waals surface area (Å²) >= 11 is 0. The Morgan fingerprint density at radius 2 is 1.81 bits per heavy atom. The summed E-state index contributed by atoms with van der Waals surface area (Å²) in [7, 11) is 0. The molecule has 1 fully saturated rings. The molecule has 1 aliphatic heterocycles. The van der Waals surface area contributed by atoms with Crippen LogP contribution in [0.4, 0.5) is 10.2 Å². The minimum Gasteiger partial charge on any atom is -0.357 e. The molecule has 1 saturated heterocycles. The van der Waals surface area contributed by atoms with Gasteiger partial charge in [0.05, 0.1) is 0 Å². The molecule has 5 rings (SSSR count). The zero-order valence-corrected chi connectivity index (χ0v) is 18.2. The summed E-state index contributed by atoms with van der Waals surface area (Å²) in [4.78, 5) is 19.9. The van der Waals surface area contributed by atoms with Gasteiger partial charge in [-0.3, -0.25) is 4.79 Å². The Bertz CT molecular complexity index is 1100. The van der Waals surface area contributed by atoms with Gasteiger partial charge in [-0.15, -0.1) is 0 Å². The summed E-state index contributed by atoms with van der Waals surface area (Å²) in [6.45, 7) is 2.49. The first-order chi connectivity index (χ1) is 15.7. The second kappa shape index (κ2) is 9.10. The third-order valence-corrected chi connectivity index (χ3v) is 6.42. The van der Waals surface area contributed by atoms with Crippen LogP contribution >= 0.6 is 0 Å². The molecule has 1 N–H and O–H groups in total. The van der Waals surface area contributed by atoms with Crippen molar-refractivity contribution in [1.82, 2.24) is 20.1 Å². The lowest BCUT2D eigenvalue weighted by molar-refractivity contribution is 0.0944. The molecule has 7 heteroatoms. The second-order valence-corrected chi connectivity index (χ2v) is 8.60. The molecule has 1 aliphatic carbocycles. The quantitative estimate of drug-likeness (QED) is 0.655. The first kappa shape index (κ1) is 20.7. The van der Waals surface area contributed by atoms with Gasteiger partial charge >= 0.3 is 0 Å². The predicted octanol–water partition coefficient (Wildman–Crippen LogP) is 4.21. The van der Waals surface area contributed by atoms with Crippen LogP contribution in [0.1, 0.15) is 59.4 Å². The molecule has 2 aliphatic rings. The number of hydrogen-bond acceptors (Lipinski definition) is 4. The zero-order chi connectivity index (χ0) is 21.9. The van der Waals surface area contributed by atoms with Gasteiger partial charge in [0.2, 0.25) is 0 Å². The van der Waals surface area contributed by atoms with Crippen LogP contribution in [0.2, 0.25) is 0 Å². The Morgan fingerprint density at radius 3 is 2.56 bits per heavy atom. The van der Waals surface area contributed by atoms with Gasteiger partial charge in [0, 0.05) is 37.1 Å². The maximum absolute atomic E-state index is 14.3. The normalized spacial score (nSPS) is 16.0. The fourth-order valence-electron chi connectivity index (χ4n) is 4.72. The lowest BCUT2D eigenvalue weighted by Gasteiger charge is -2.21. The molecular formula is C25H28FN5O. The number of aromatic nitrogens is 3. The average Bonchev–Trinajstić information content (AvgIpc) is 3.32. The van der Waals surface area contributed by atoms with Crippen molar-refractivity contribution in [3.05, 3.63) is 70.9 Å². The van der Waals surface area contributed by atoms with E-state index in [0.29, 0.717) is 17.9 Å². The molecule has 0 spiro atoms. The molecule has 2 aromatic heterocycles. The monoisotopic (exact) mass is 433 g/mol. The number of amides is 1. The Hall–Kier alpha value is -3.22. The molecule has 6 nitrogen and oxygen atoms in total. The summed E-state index contributed by atoms with van der Waals surface area (Å²) in [6.07, 6.45) is 9.37. The molecule has 1 amide bonds. The topological polar surface area (TPSA) is 63.1 Å². The second-order valence-electron chi connectivity index (χ2n) is 8.60. The molecule has 0 saturated carbocycles. The fourth-order valence-corrected chi connectivity index (χ4v) is 4.72. The minimum absolute atomic E-state index is 0.227. The van der Waals surface area contributed by atoms with Gasteiger partial charge in [0.1, 0.15) is 17.3 Å². The van der Waals surface area contributed by atoms with Crippen LogP contribution in [-0.4, -0.2) is 33.8 Å². The van der Waals surface area contributed by atoms with Crippen molar-refractivity contribution >= 4 is 11.7 Å². The predicted molar refractivity (Wildman–Crippen MR) is 122 cm³/mol. The Labute approximate surface area is 187 Å². The number of para-hydroxylation sites is 1. The highest BCUT2D eigenvalue weighted by Crippen LogP contribution is 2.28. The van der Waals surface area contributed by atoms with Crippen molar-refractivity contribution < 1.29 is 9.18 Å². The van der Waals surface area contributed by atoms with Crippen LogP contribution < -0.4 is 10.2 Å². The lowest BCUT2D eigenvalue weighted by atomic mass is 10.2. The van der Waals surface area contributed by atoms with Crippen molar-refractivity contribution in [1.29, 1.82) is 0 Å². The summed E-state index contributed by atoms with van der Waals surface area (Å²) < 4.78 is 15.9. The number of benzene rings is 1. The zero-order valence-electron chi connectivity index (χ0n) is 18.2. The van der Waals surface area contributed by atoms with Crippen LogP contribution in [0.25, 0.3) is 5.69 Å². The number of pyridine rings is 1. The largest absolute Gasteiger partial charge is 0.357 e. The molecule has 0 radical (unpaired) electrons. The van der Waals surface area contributed by atoms with Crippen molar-refractivity contribution in [3.63, 3.8) is 0 Å². The number of halogens is 1. The van der Waals surface area contributed by atoms with E-state index in [0.717, 1.165) is 55.0 Å². The maximum atomic E-state index is 14.3. The third kappa shape index (κ3) is 4.11. The third-order valence-electron chi connectivity index (χ3n) is 6.42. The summed E-state index contributed by atoms with van der Waals surface area (Å²) in [5.41, 5.74) is 3.60. The van der Waals surface area contributed by atoms with Gasteiger partial charge in [0.25, 0.3) is 5.91 Å². The minimum atomic E-state index is -0.341.